The predicted molar refractivity (Wildman–Crippen MR) is 95.8 cm³/mol. The lowest BCUT2D eigenvalue weighted by Crippen LogP contribution is -2.39. The summed E-state index contributed by atoms with van der Waals surface area (Å²) < 4.78 is 39.4. The highest BCUT2D eigenvalue weighted by Gasteiger charge is 2.15. The summed E-state index contributed by atoms with van der Waals surface area (Å²) in [6, 6.07) is 8.56. The van der Waals surface area contributed by atoms with E-state index >= 15 is 0 Å². The Morgan fingerprint density at radius 1 is 0.963 bits per heavy atom. The molecular weight excluding hydrogens is 383 g/mol. The van der Waals surface area contributed by atoms with Crippen LogP contribution in [-0.2, 0) is 9.59 Å². The lowest BCUT2D eigenvalue weighted by Gasteiger charge is -2.14. The Morgan fingerprint density at radius 3 is 2.30 bits per heavy atom. The number of hydrogen-bond acceptors (Lipinski definition) is 3. The fourth-order valence-corrected chi connectivity index (χ4v) is 2.30. The summed E-state index contributed by atoms with van der Waals surface area (Å²) in [6.07, 6.45) is 0. The molecule has 1 atom stereocenters. The first-order valence-corrected chi connectivity index (χ1v) is 8.34. The molecule has 27 heavy (non-hydrogen) atoms. The SMILES string of the molecule is C[C@H](NCC(=O)NCC(=O)Nc1ccc(F)c(F)c1F)c1ccc(Cl)cc1. The summed E-state index contributed by atoms with van der Waals surface area (Å²) in [5.74, 6) is -5.79. The van der Waals surface area contributed by atoms with E-state index in [0.717, 1.165) is 11.6 Å². The van der Waals surface area contributed by atoms with Crippen molar-refractivity contribution in [3.05, 3.63) is 64.4 Å². The first kappa shape index (κ1) is 20.7. The minimum Gasteiger partial charge on any atom is -0.346 e. The highest BCUT2D eigenvalue weighted by Crippen LogP contribution is 2.19. The smallest absolute Gasteiger partial charge is 0.243 e. The van der Waals surface area contributed by atoms with Crippen LogP contribution in [0.5, 0.6) is 0 Å². The fraction of sp³-hybridized carbons (Fsp3) is 0.222. The summed E-state index contributed by atoms with van der Waals surface area (Å²) in [6.45, 7) is 1.35. The van der Waals surface area contributed by atoms with E-state index in [1.54, 1.807) is 12.1 Å². The van der Waals surface area contributed by atoms with Crippen molar-refractivity contribution in [2.24, 2.45) is 0 Å². The van der Waals surface area contributed by atoms with Crippen LogP contribution in [0.4, 0.5) is 18.9 Å². The first-order chi connectivity index (χ1) is 12.8. The fourth-order valence-electron chi connectivity index (χ4n) is 2.17. The van der Waals surface area contributed by atoms with Gasteiger partial charge >= 0.3 is 0 Å². The molecule has 0 fully saturated rings. The zero-order valence-electron chi connectivity index (χ0n) is 14.3. The lowest BCUT2D eigenvalue weighted by atomic mass is 10.1. The van der Waals surface area contributed by atoms with E-state index < -0.39 is 41.5 Å². The molecule has 5 nitrogen and oxygen atoms in total. The zero-order valence-corrected chi connectivity index (χ0v) is 15.0. The van der Waals surface area contributed by atoms with Crippen molar-refractivity contribution < 1.29 is 22.8 Å². The van der Waals surface area contributed by atoms with Gasteiger partial charge in [0.05, 0.1) is 18.8 Å². The quantitative estimate of drug-likeness (QED) is 0.626. The number of rotatable bonds is 7. The lowest BCUT2D eigenvalue weighted by molar-refractivity contribution is -0.123. The van der Waals surface area contributed by atoms with Gasteiger partial charge in [-0.2, -0.15) is 0 Å². The number of amides is 2. The molecule has 0 saturated carbocycles. The van der Waals surface area contributed by atoms with Crippen molar-refractivity contribution in [2.45, 2.75) is 13.0 Å². The van der Waals surface area contributed by atoms with Crippen LogP contribution >= 0.6 is 11.6 Å². The molecule has 9 heteroatoms. The van der Waals surface area contributed by atoms with Gasteiger partial charge in [-0.3, -0.25) is 9.59 Å². The minimum absolute atomic E-state index is 0.0589. The van der Waals surface area contributed by atoms with Crippen LogP contribution < -0.4 is 16.0 Å². The average Bonchev–Trinajstić information content (AvgIpc) is 2.65. The Hall–Kier alpha value is -2.58. The number of hydrogen-bond donors (Lipinski definition) is 3. The molecule has 3 N–H and O–H groups in total. The maximum absolute atomic E-state index is 13.5. The molecule has 0 heterocycles. The van der Waals surface area contributed by atoms with Crippen molar-refractivity contribution >= 4 is 29.1 Å². The van der Waals surface area contributed by atoms with Crippen LogP contribution in [0.3, 0.4) is 0 Å². The van der Waals surface area contributed by atoms with Crippen LogP contribution in [0.1, 0.15) is 18.5 Å². The van der Waals surface area contributed by atoms with Gasteiger partial charge in [0.15, 0.2) is 17.5 Å². The average molecular weight is 400 g/mol. The van der Waals surface area contributed by atoms with Crippen LogP contribution in [-0.4, -0.2) is 24.9 Å². The molecule has 0 aliphatic carbocycles. The van der Waals surface area contributed by atoms with E-state index in [-0.39, 0.29) is 12.6 Å². The Kier molecular flexibility index (Phi) is 7.20. The molecule has 2 aromatic carbocycles. The maximum Gasteiger partial charge on any atom is 0.243 e. The van der Waals surface area contributed by atoms with Crippen molar-refractivity contribution in [3.8, 4) is 0 Å². The van der Waals surface area contributed by atoms with Gasteiger partial charge in [-0.25, -0.2) is 13.2 Å². The molecular formula is C18H17ClF3N3O2. The van der Waals surface area contributed by atoms with E-state index in [9.17, 15) is 22.8 Å². The highest BCUT2D eigenvalue weighted by molar-refractivity contribution is 6.30. The molecule has 0 unspecified atom stereocenters. The Morgan fingerprint density at radius 2 is 1.63 bits per heavy atom. The topological polar surface area (TPSA) is 70.2 Å². The van der Waals surface area contributed by atoms with Gasteiger partial charge in [-0.1, -0.05) is 23.7 Å². The molecule has 2 rings (SSSR count). The number of carbonyl (C=O) groups excluding carboxylic acids is 2. The van der Waals surface area contributed by atoms with Gasteiger partial charge in [0.25, 0.3) is 0 Å². The van der Waals surface area contributed by atoms with Gasteiger partial charge in [-0.15, -0.1) is 0 Å². The number of nitrogens with one attached hydrogen (secondary N) is 3. The monoisotopic (exact) mass is 399 g/mol. The Bertz CT molecular complexity index is 831. The summed E-state index contributed by atoms with van der Waals surface area (Å²) in [4.78, 5) is 23.5. The molecule has 0 aromatic heterocycles. The minimum atomic E-state index is -1.68. The van der Waals surface area contributed by atoms with Crippen molar-refractivity contribution in [1.82, 2.24) is 10.6 Å². The largest absolute Gasteiger partial charge is 0.346 e. The second-order valence-electron chi connectivity index (χ2n) is 5.70. The first-order valence-electron chi connectivity index (χ1n) is 7.97. The Labute approximate surface area is 158 Å². The van der Waals surface area contributed by atoms with Gasteiger partial charge in [0.1, 0.15) is 0 Å². The third kappa shape index (κ3) is 5.97. The molecule has 144 valence electrons. The van der Waals surface area contributed by atoms with E-state index in [0.29, 0.717) is 11.1 Å². The molecule has 2 aromatic rings. The third-order valence-corrected chi connectivity index (χ3v) is 3.95. The molecule has 0 aliphatic rings. The van der Waals surface area contributed by atoms with Crippen molar-refractivity contribution in [3.63, 3.8) is 0 Å². The maximum atomic E-state index is 13.5. The molecule has 0 radical (unpaired) electrons. The summed E-state index contributed by atoms with van der Waals surface area (Å²) >= 11 is 5.81. The number of carbonyl (C=O) groups is 2. The van der Waals surface area contributed by atoms with Crippen LogP contribution in [0, 0.1) is 17.5 Å². The van der Waals surface area contributed by atoms with Crippen LogP contribution in [0.25, 0.3) is 0 Å². The standard InChI is InChI=1S/C18H17ClF3N3O2/c1-10(11-2-4-12(19)5-3-11)23-8-15(26)24-9-16(27)25-14-7-6-13(20)17(21)18(14)22/h2-7,10,23H,8-9H2,1H3,(H,24,26)(H,25,27)/t10-/m0/s1. The Balaban J connectivity index is 1.77. The summed E-state index contributed by atoms with van der Waals surface area (Å²) in [7, 11) is 0. The van der Waals surface area contributed by atoms with Gasteiger partial charge in [-0.05, 0) is 36.8 Å². The molecule has 2 amide bonds. The van der Waals surface area contributed by atoms with Crippen molar-refractivity contribution in [2.75, 3.05) is 18.4 Å². The van der Waals surface area contributed by atoms with Crippen LogP contribution in [0.15, 0.2) is 36.4 Å². The second-order valence-corrected chi connectivity index (χ2v) is 6.14. The molecule has 0 aliphatic heterocycles. The molecule has 0 bridgehead atoms. The number of halogens is 4. The number of anilines is 1. The molecule has 0 saturated heterocycles. The van der Waals surface area contributed by atoms with Gasteiger partial charge in [0, 0.05) is 11.1 Å². The van der Waals surface area contributed by atoms with Gasteiger partial charge < -0.3 is 16.0 Å². The predicted octanol–water partition coefficient (Wildman–Crippen LogP) is 3.16. The van der Waals surface area contributed by atoms with E-state index in [1.807, 2.05) is 19.1 Å². The zero-order chi connectivity index (χ0) is 20.0. The van der Waals surface area contributed by atoms with E-state index in [4.69, 9.17) is 11.6 Å². The molecule has 0 spiro atoms. The van der Waals surface area contributed by atoms with Crippen LogP contribution in [0.2, 0.25) is 5.02 Å². The summed E-state index contributed by atoms with van der Waals surface area (Å²) in [5, 5.41) is 7.98. The normalized spacial score (nSPS) is 11.7. The van der Waals surface area contributed by atoms with Crippen molar-refractivity contribution in [1.29, 1.82) is 0 Å². The van der Waals surface area contributed by atoms with E-state index in [2.05, 4.69) is 16.0 Å². The number of benzene rings is 2. The second kappa shape index (κ2) is 9.38. The summed E-state index contributed by atoms with van der Waals surface area (Å²) in [5.41, 5.74) is 0.418. The van der Waals surface area contributed by atoms with E-state index in [1.165, 1.54) is 0 Å². The van der Waals surface area contributed by atoms with Gasteiger partial charge in [0.2, 0.25) is 11.8 Å². The highest BCUT2D eigenvalue weighted by atomic mass is 35.5. The third-order valence-electron chi connectivity index (χ3n) is 3.69.